The number of carbonyl (C=O) groups excluding carboxylic acids is 1. The van der Waals surface area contributed by atoms with Crippen molar-refractivity contribution in [3.63, 3.8) is 0 Å². The lowest BCUT2D eigenvalue weighted by molar-refractivity contribution is -0.126. The van der Waals surface area contributed by atoms with Crippen LogP contribution in [0.2, 0.25) is 0 Å². The van der Waals surface area contributed by atoms with Crippen LogP contribution in [0.3, 0.4) is 0 Å². The van der Waals surface area contributed by atoms with Crippen LogP contribution in [0.5, 0.6) is 0 Å². The van der Waals surface area contributed by atoms with E-state index < -0.39 is 6.10 Å². The first kappa shape index (κ1) is 17.9. The summed E-state index contributed by atoms with van der Waals surface area (Å²) in [6.07, 6.45) is 1.11. The van der Waals surface area contributed by atoms with Gasteiger partial charge in [-0.05, 0) is 33.6 Å². The van der Waals surface area contributed by atoms with Crippen molar-refractivity contribution in [2.45, 2.75) is 77.5 Å². The van der Waals surface area contributed by atoms with E-state index in [1.807, 2.05) is 10.7 Å². The minimum absolute atomic E-state index is 0.0107. The third-order valence-electron chi connectivity index (χ3n) is 4.03. The number of nitrogens with one attached hydrogen (secondary N) is 1. The highest BCUT2D eigenvalue weighted by Gasteiger charge is 2.32. The van der Waals surface area contributed by atoms with E-state index in [0.717, 1.165) is 12.1 Å². The molecule has 2 rings (SSSR count). The Kier molecular flexibility index (Phi) is 4.87. The van der Waals surface area contributed by atoms with Crippen LogP contribution in [0.1, 0.15) is 60.1 Å². The first-order valence-electron chi connectivity index (χ1n) is 8.30. The van der Waals surface area contributed by atoms with Gasteiger partial charge in [-0.15, -0.1) is 0 Å². The Morgan fingerprint density at radius 2 is 2.00 bits per heavy atom. The molecule has 130 valence electrons. The van der Waals surface area contributed by atoms with Gasteiger partial charge in [0.25, 0.3) is 5.91 Å². The monoisotopic (exact) mass is 322 g/mol. The Balaban J connectivity index is 2.21. The van der Waals surface area contributed by atoms with Crippen molar-refractivity contribution in [1.82, 2.24) is 9.78 Å². The minimum Gasteiger partial charge on any atom is -0.364 e. The van der Waals surface area contributed by atoms with E-state index in [0.29, 0.717) is 18.8 Å². The molecule has 1 aromatic heterocycles. The molecule has 6 heteroatoms. The van der Waals surface area contributed by atoms with E-state index >= 15 is 0 Å². The molecule has 6 nitrogen and oxygen atoms in total. The molecule has 1 aliphatic rings. The molecule has 1 aromatic rings. The summed E-state index contributed by atoms with van der Waals surface area (Å²) in [5.74, 6) is 0.596. The summed E-state index contributed by atoms with van der Waals surface area (Å²) in [7, 11) is 0. The summed E-state index contributed by atoms with van der Waals surface area (Å²) in [4.78, 5) is 12.5. The van der Waals surface area contributed by atoms with Crippen LogP contribution in [0, 0.1) is 0 Å². The third kappa shape index (κ3) is 4.12. The Bertz CT molecular complexity index is 566. The zero-order valence-electron chi connectivity index (χ0n) is 15.1. The fourth-order valence-electron chi connectivity index (χ4n) is 2.63. The van der Waals surface area contributed by atoms with E-state index in [1.165, 1.54) is 0 Å². The zero-order valence-corrected chi connectivity index (χ0v) is 15.1. The third-order valence-corrected chi connectivity index (χ3v) is 4.03. The molecular formula is C17H30N4O2. The van der Waals surface area contributed by atoms with Crippen LogP contribution in [-0.4, -0.2) is 34.4 Å². The highest BCUT2D eigenvalue weighted by molar-refractivity contribution is 5.93. The number of ether oxygens (including phenoxy) is 1. The van der Waals surface area contributed by atoms with Crippen LogP contribution in [0.15, 0.2) is 6.07 Å². The number of anilines is 1. The Morgan fingerprint density at radius 1 is 1.35 bits per heavy atom. The van der Waals surface area contributed by atoms with Gasteiger partial charge < -0.3 is 15.8 Å². The molecular weight excluding hydrogens is 292 g/mol. The SMILES string of the molecule is CC(C)(C)c1cc(NC(=O)[C@@H]2CC[C@H](CN)O2)n(C(C)(C)C)n1. The summed E-state index contributed by atoms with van der Waals surface area (Å²) >= 11 is 0. The number of rotatable bonds is 3. The van der Waals surface area contributed by atoms with E-state index in [1.54, 1.807) is 0 Å². The first-order chi connectivity index (χ1) is 10.5. The molecule has 1 amide bonds. The molecule has 0 aromatic carbocycles. The van der Waals surface area contributed by atoms with Crippen molar-refractivity contribution in [3.05, 3.63) is 11.8 Å². The molecule has 23 heavy (non-hydrogen) atoms. The van der Waals surface area contributed by atoms with E-state index in [9.17, 15) is 4.79 Å². The van der Waals surface area contributed by atoms with Crippen LogP contribution in [-0.2, 0) is 20.5 Å². The van der Waals surface area contributed by atoms with Crippen LogP contribution in [0.4, 0.5) is 5.82 Å². The van der Waals surface area contributed by atoms with Crippen molar-refractivity contribution in [1.29, 1.82) is 0 Å². The Labute approximate surface area is 138 Å². The van der Waals surface area contributed by atoms with Gasteiger partial charge in [-0.2, -0.15) is 5.10 Å². The van der Waals surface area contributed by atoms with Gasteiger partial charge in [0, 0.05) is 18.0 Å². The normalized spacial score (nSPS) is 22.4. The zero-order chi connectivity index (χ0) is 17.4. The predicted octanol–water partition coefficient (Wildman–Crippen LogP) is 2.38. The van der Waals surface area contributed by atoms with Gasteiger partial charge in [-0.3, -0.25) is 4.79 Å². The highest BCUT2D eigenvalue weighted by atomic mass is 16.5. The topological polar surface area (TPSA) is 82.2 Å². The van der Waals surface area contributed by atoms with Crippen LogP contribution >= 0.6 is 0 Å². The standard InChI is InChI=1S/C17H30N4O2/c1-16(2,3)13-9-14(21(20-13)17(4,5)6)19-15(22)12-8-7-11(10-18)23-12/h9,11-12H,7-8,10,18H2,1-6H3,(H,19,22)/t11-,12+/m1/s1. The maximum Gasteiger partial charge on any atom is 0.254 e. The molecule has 1 aliphatic heterocycles. The fraction of sp³-hybridized carbons (Fsp3) is 0.765. The summed E-state index contributed by atoms with van der Waals surface area (Å²) in [5, 5.41) is 7.70. The first-order valence-corrected chi connectivity index (χ1v) is 8.30. The number of hydrogen-bond donors (Lipinski definition) is 2. The largest absolute Gasteiger partial charge is 0.364 e. The molecule has 0 radical (unpaired) electrons. The highest BCUT2D eigenvalue weighted by Crippen LogP contribution is 2.29. The van der Waals surface area contributed by atoms with Crippen LogP contribution in [0.25, 0.3) is 0 Å². The quantitative estimate of drug-likeness (QED) is 0.895. The number of nitrogens with zero attached hydrogens (tertiary/aromatic N) is 2. The number of aromatic nitrogens is 2. The smallest absolute Gasteiger partial charge is 0.254 e. The van der Waals surface area contributed by atoms with Gasteiger partial charge in [0.15, 0.2) is 0 Å². The Hall–Kier alpha value is -1.40. The molecule has 0 unspecified atom stereocenters. The van der Waals surface area contributed by atoms with Gasteiger partial charge in [0.2, 0.25) is 0 Å². The van der Waals surface area contributed by atoms with Crippen molar-refractivity contribution in [2.24, 2.45) is 5.73 Å². The second kappa shape index (κ2) is 6.24. The number of carbonyl (C=O) groups is 1. The minimum atomic E-state index is -0.426. The average Bonchev–Trinajstić information content (AvgIpc) is 3.03. The van der Waals surface area contributed by atoms with Gasteiger partial charge in [-0.25, -0.2) is 4.68 Å². The van der Waals surface area contributed by atoms with Crippen molar-refractivity contribution in [2.75, 3.05) is 11.9 Å². The molecule has 0 spiro atoms. The second-order valence-corrected chi connectivity index (χ2v) is 8.30. The van der Waals surface area contributed by atoms with Crippen molar-refractivity contribution in [3.8, 4) is 0 Å². The predicted molar refractivity (Wildman–Crippen MR) is 91.5 cm³/mol. The van der Waals surface area contributed by atoms with Gasteiger partial charge in [0.05, 0.1) is 17.3 Å². The van der Waals surface area contributed by atoms with E-state index in [-0.39, 0.29) is 23.0 Å². The Morgan fingerprint density at radius 3 is 2.48 bits per heavy atom. The summed E-state index contributed by atoms with van der Waals surface area (Å²) in [6.45, 7) is 13.0. The molecule has 0 saturated carbocycles. The number of amides is 1. The van der Waals surface area contributed by atoms with E-state index in [2.05, 4.69) is 46.9 Å². The van der Waals surface area contributed by atoms with Gasteiger partial charge in [0.1, 0.15) is 11.9 Å². The summed E-state index contributed by atoms with van der Waals surface area (Å²) in [6, 6.07) is 1.96. The molecule has 0 bridgehead atoms. The fourth-order valence-corrected chi connectivity index (χ4v) is 2.63. The summed E-state index contributed by atoms with van der Waals surface area (Å²) in [5.41, 5.74) is 6.27. The average molecular weight is 322 g/mol. The molecule has 2 atom stereocenters. The lowest BCUT2D eigenvalue weighted by Crippen LogP contribution is -2.32. The van der Waals surface area contributed by atoms with Crippen LogP contribution < -0.4 is 11.1 Å². The van der Waals surface area contributed by atoms with Crippen molar-refractivity contribution >= 4 is 11.7 Å². The molecule has 2 heterocycles. The number of nitrogens with two attached hydrogens (primary N) is 1. The number of hydrogen-bond acceptors (Lipinski definition) is 4. The lowest BCUT2D eigenvalue weighted by Gasteiger charge is -2.23. The molecule has 1 fully saturated rings. The van der Waals surface area contributed by atoms with Crippen molar-refractivity contribution < 1.29 is 9.53 Å². The van der Waals surface area contributed by atoms with E-state index in [4.69, 9.17) is 15.6 Å². The summed E-state index contributed by atoms with van der Waals surface area (Å²) < 4.78 is 7.55. The maximum atomic E-state index is 12.5. The maximum absolute atomic E-state index is 12.5. The van der Waals surface area contributed by atoms with Gasteiger partial charge in [-0.1, -0.05) is 20.8 Å². The molecule has 0 aliphatic carbocycles. The second-order valence-electron chi connectivity index (χ2n) is 8.30. The van der Waals surface area contributed by atoms with Gasteiger partial charge >= 0.3 is 0 Å². The molecule has 3 N–H and O–H groups in total. The molecule has 1 saturated heterocycles. The lowest BCUT2D eigenvalue weighted by atomic mass is 9.92.